The molecule has 0 bridgehead atoms. The van der Waals surface area contributed by atoms with Crippen molar-refractivity contribution < 1.29 is 0 Å². The lowest BCUT2D eigenvalue weighted by Gasteiger charge is -2.17. The van der Waals surface area contributed by atoms with E-state index in [2.05, 4.69) is 36.5 Å². The number of nitrogens with zero attached hydrogens (tertiary/aromatic N) is 1. The molecule has 1 aromatic heterocycles. The molecular weight excluding hydrogens is 304 g/mol. The first-order valence-electron chi connectivity index (χ1n) is 8.22. The minimum Gasteiger partial charge on any atom is -0.354 e. The largest absolute Gasteiger partial charge is 0.354 e. The van der Waals surface area contributed by atoms with Gasteiger partial charge in [0, 0.05) is 21.8 Å². The van der Waals surface area contributed by atoms with E-state index in [9.17, 15) is 0 Å². The van der Waals surface area contributed by atoms with Crippen LogP contribution in [0.1, 0.15) is 30.2 Å². The molecule has 2 aromatic carbocycles. The first-order valence-corrected chi connectivity index (χ1v) is 8.60. The topological polar surface area (TPSA) is 24.9 Å². The van der Waals surface area contributed by atoms with Crippen molar-refractivity contribution in [3.05, 3.63) is 64.3 Å². The third-order valence-corrected chi connectivity index (χ3v) is 4.87. The van der Waals surface area contributed by atoms with E-state index >= 15 is 0 Å². The highest BCUT2D eigenvalue weighted by molar-refractivity contribution is 6.31. The fourth-order valence-corrected chi connectivity index (χ4v) is 3.63. The minimum absolute atomic E-state index is 0.754. The third-order valence-electron chi connectivity index (χ3n) is 4.63. The number of hydrogen-bond donors (Lipinski definition) is 1. The molecule has 1 aliphatic rings. The van der Waals surface area contributed by atoms with Gasteiger partial charge in [-0.2, -0.15) is 0 Å². The van der Waals surface area contributed by atoms with Crippen LogP contribution >= 0.6 is 11.6 Å². The number of aryl methyl sites for hydroxylation is 2. The molecule has 3 aromatic rings. The summed E-state index contributed by atoms with van der Waals surface area (Å²) in [5.74, 6) is 0. The van der Waals surface area contributed by atoms with Crippen molar-refractivity contribution in [1.29, 1.82) is 0 Å². The number of halogens is 1. The zero-order chi connectivity index (χ0) is 15.8. The molecule has 2 nitrogen and oxygen atoms in total. The van der Waals surface area contributed by atoms with E-state index in [1.54, 1.807) is 0 Å². The van der Waals surface area contributed by atoms with E-state index in [4.69, 9.17) is 16.6 Å². The van der Waals surface area contributed by atoms with Crippen molar-refractivity contribution in [2.75, 3.05) is 5.32 Å². The van der Waals surface area contributed by atoms with E-state index in [1.807, 2.05) is 18.2 Å². The summed E-state index contributed by atoms with van der Waals surface area (Å²) < 4.78 is 0. The first-order chi connectivity index (χ1) is 11.3. The van der Waals surface area contributed by atoms with Gasteiger partial charge in [0.2, 0.25) is 0 Å². The Labute approximate surface area is 141 Å². The summed E-state index contributed by atoms with van der Waals surface area (Å²) in [6, 6.07) is 14.5. The fourth-order valence-electron chi connectivity index (χ4n) is 3.46. The molecule has 0 unspecified atom stereocenters. The van der Waals surface area contributed by atoms with Crippen LogP contribution in [0.2, 0.25) is 5.02 Å². The molecule has 0 atom stereocenters. The molecule has 23 heavy (non-hydrogen) atoms. The maximum atomic E-state index is 6.25. The second kappa shape index (κ2) is 5.86. The van der Waals surface area contributed by atoms with Gasteiger partial charge in [0.25, 0.3) is 0 Å². The van der Waals surface area contributed by atoms with Gasteiger partial charge in [0.1, 0.15) is 0 Å². The molecule has 4 rings (SSSR count). The highest BCUT2D eigenvalue weighted by Gasteiger charge is 2.20. The Morgan fingerprint density at radius 3 is 2.87 bits per heavy atom. The van der Waals surface area contributed by atoms with Gasteiger partial charge in [-0.15, -0.1) is 0 Å². The quantitative estimate of drug-likeness (QED) is 0.670. The van der Waals surface area contributed by atoms with Crippen LogP contribution in [0.3, 0.4) is 0 Å². The maximum absolute atomic E-state index is 6.25. The van der Waals surface area contributed by atoms with Crippen LogP contribution < -0.4 is 5.32 Å². The lowest BCUT2D eigenvalue weighted by molar-refractivity contribution is 0.901. The van der Waals surface area contributed by atoms with E-state index in [0.29, 0.717) is 0 Å². The lowest BCUT2D eigenvalue weighted by Crippen LogP contribution is -2.01. The van der Waals surface area contributed by atoms with Crippen LogP contribution in [0.25, 0.3) is 10.9 Å². The van der Waals surface area contributed by atoms with Crippen LogP contribution in [0, 0.1) is 0 Å². The summed E-state index contributed by atoms with van der Waals surface area (Å²) in [6.45, 7) is 2.19. The summed E-state index contributed by atoms with van der Waals surface area (Å²) in [7, 11) is 0. The number of benzene rings is 2. The predicted octanol–water partition coefficient (Wildman–Crippen LogP) is 5.68. The Morgan fingerprint density at radius 2 is 2.00 bits per heavy atom. The number of hydrogen-bond acceptors (Lipinski definition) is 2. The Balaban J connectivity index is 1.93. The summed E-state index contributed by atoms with van der Waals surface area (Å²) in [6.07, 6.45) is 4.34. The van der Waals surface area contributed by atoms with Gasteiger partial charge in [-0.25, -0.2) is 0 Å². The Hall–Kier alpha value is -2.06. The van der Waals surface area contributed by atoms with Crippen molar-refractivity contribution >= 4 is 33.9 Å². The Bertz CT molecular complexity index is 886. The molecule has 0 fully saturated rings. The van der Waals surface area contributed by atoms with Gasteiger partial charge in [-0.3, -0.25) is 4.98 Å². The van der Waals surface area contributed by atoms with Crippen molar-refractivity contribution in [2.24, 2.45) is 0 Å². The molecule has 0 saturated carbocycles. The number of anilines is 2. The number of rotatable bonds is 3. The van der Waals surface area contributed by atoms with Crippen LogP contribution in [-0.2, 0) is 19.3 Å². The van der Waals surface area contributed by atoms with Crippen molar-refractivity contribution in [3.8, 4) is 0 Å². The van der Waals surface area contributed by atoms with Crippen molar-refractivity contribution in [2.45, 2.75) is 32.6 Å². The van der Waals surface area contributed by atoms with Gasteiger partial charge in [0.15, 0.2) is 0 Å². The average Bonchev–Trinajstić information content (AvgIpc) is 3.04. The third kappa shape index (κ3) is 2.57. The number of fused-ring (bicyclic) bond motifs is 2. The standard InChI is InChI=1S/C20H19ClN2/c1-2-13-6-3-4-8-17(13)23-20-15-7-5-9-18(15)22-19-11-10-14(21)12-16(19)20/h3-4,6,8,10-12H,2,5,7,9H2,1H3,(H,22,23). The summed E-state index contributed by atoms with van der Waals surface area (Å²) in [5, 5.41) is 5.56. The SMILES string of the molecule is CCc1ccccc1Nc1c2c(nc3ccc(Cl)cc13)CCC2. The van der Waals surface area contributed by atoms with E-state index in [0.717, 1.165) is 35.2 Å². The van der Waals surface area contributed by atoms with Gasteiger partial charge in [-0.1, -0.05) is 36.7 Å². The molecule has 0 amide bonds. The minimum atomic E-state index is 0.754. The van der Waals surface area contributed by atoms with Gasteiger partial charge >= 0.3 is 0 Å². The highest BCUT2D eigenvalue weighted by atomic mass is 35.5. The monoisotopic (exact) mass is 322 g/mol. The molecule has 0 saturated heterocycles. The number of pyridine rings is 1. The van der Waals surface area contributed by atoms with Crippen LogP contribution in [0.4, 0.5) is 11.4 Å². The Morgan fingerprint density at radius 1 is 1.13 bits per heavy atom. The molecule has 0 spiro atoms. The van der Waals surface area contributed by atoms with Crippen LogP contribution in [0.5, 0.6) is 0 Å². The molecule has 3 heteroatoms. The zero-order valence-electron chi connectivity index (χ0n) is 13.2. The lowest BCUT2D eigenvalue weighted by atomic mass is 10.0. The van der Waals surface area contributed by atoms with Crippen molar-refractivity contribution in [1.82, 2.24) is 4.98 Å². The van der Waals surface area contributed by atoms with E-state index < -0.39 is 0 Å². The predicted molar refractivity (Wildman–Crippen MR) is 97.9 cm³/mol. The van der Waals surface area contributed by atoms with E-state index in [1.165, 1.54) is 34.6 Å². The van der Waals surface area contributed by atoms with Gasteiger partial charge < -0.3 is 5.32 Å². The molecule has 1 aliphatic carbocycles. The second-order valence-corrected chi connectivity index (χ2v) is 6.50. The Kier molecular flexibility index (Phi) is 3.70. The van der Waals surface area contributed by atoms with E-state index in [-0.39, 0.29) is 0 Å². The first kappa shape index (κ1) is 14.5. The number of aromatic nitrogens is 1. The molecule has 0 radical (unpaired) electrons. The maximum Gasteiger partial charge on any atom is 0.0727 e. The van der Waals surface area contributed by atoms with Gasteiger partial charge in [0.05, 0.1) is 11.2 Å². The fraction of sp³-hybridized carbons (Fsp3) is 0.250. The summed E-state index contributed by atoms with van der Waals surface area (Å²) in [5.41, 5.74) is 7.29. The highest BCUT2D eigenvalue weighted by Crippen LogP contribution is 2.37. The molecule has 116 valence electrons. The molecule has 0 aliphatic heterocycles. The number of para-hydroxylation sites is 1. The second-order valence-electron chi connectivity index (χ2n) is 6.06. The molecule has 1 heterocycles. The zero-order valence-corrected chi connectivity index (χ0v) is 14.0. The van der Waals surface area contributed by atoms with Gasteiger partial charge in [-0.05, 0) is 61.1 Å². The molecule has 1 N–H and O–H groups in total. The average molecular weight is 323 g/mol. The van der Waals surface area contributed by atoms with Crippen LogP contribution in [0.15, 0.2) is 42.5 Å². The van der Waals surface area contributed by atoms with Crippen LogP contribution in [-0.4, -0.2) is 4.98 Å². The smallest absolute Gasteiger partial charge is 0.0727 e. The number of nitrogens with one attached hydrogen (secondary N) is 1. The summed E-state index contributed by atoms with van der Waals surface area (Å²) in [4.78, 5) is 4.84. The van der Waals surface area contributed by atoms with Crippen molar-refractivity contribution in [3.63, 3.8) is 0 Å². The summed E-state index contributed by atoms with van der Waals surface area (Å²) >= 11 is 6.25. The normalized spacial score (nSPS) is 13.3. The molecular formula is C20H19ClN2.